The second-order valence-electron chi connectivity index (χ2n) is 12.9. The smallest absolute Gasteiger partial charge is 0.275 e. The molecule has 13 nitrogen and oxygen atoms in total. The highest BCUT2D eigenvalue weighted by atomic mass is 35.5. The molecule has 1 fully saturated rings. The number of fused-ring (bicyclic) bond motifs is 2. The number of amides is 2. The Kier molecular flexibility index (Phi) is 9.03. The summed E-state index contributed by atoms with van der Waals surface area (Å²) in [6.07, 6.45) is 4.98. The molecule has 0 unspecified atom stereocenters. The summed E-state index contributed by atoms with van der Waals surface area (Å²) in [6, 6.07) is 5.53. The van der Waals surface area contributed by atoms with Gasteiger partial charge in [-0.1, -0.05) is 37.6 Å². The number of piperidine rings is 1. The molecule has 2 amide bonds. The van der Waals surface area contributed by atoms with Crippen LogP contribution in [0.2, 0.25) is 5.02 Å². The first-order chi connectivity index (χ1) is 22.5. The van der Waals surface area contributed by atoms with E-state index in [9.17, 15) is 19.5 Å². The molecule has 250 valence electrons. The number of anilines is 1. The molecule has 6 rings (SSSR count). The molecule has 1 spiro atoms. The van der Waals surface area contributed by atoms with Crippen LogP contribution >= 0.6 is 11.6 Å². The Bertz CT molecular complexity index is 1860. The monoisotopic (exact) mass is 664 g/mol. The van der Waals surface area contributed by atoms with Crippen molar-refractivity contribution in [2.45, 2.75) is 70.8 Å². The average Bonchev–Trinajstić information content (AvgIpc) is 3.57. The van der Waals surface area contributed by atoms with Crippen molar-refractivity contribution in [3.05, 3.63) is 73.7 Å². The fourth-order valence-corrected chi connectivity index (χ4v) is 7.06. The minimum atomic E-state index is -0.515. The first-order valence-corrected chi connectivity index (χ1v) is 16.4. The van der Waals surface area contributed by atoms with Gasteiger partial charge in [-0.05, 0) is 68.2 Å². The van der Waals surface area contributed by atoms with Crippen molar-refractivity contribution in [2.24, 2.45) is 7.05 Å². The molecule has 0 radical (unpaired) electrons. The lowest BCUT2D eigenvalue weighted by molar-refractivity contribution is -0.117. The second-order valence-corrected chi connectivity index (χ2v) is 13.3. The molecule has 4 heterocycles. The summed E-state index contributed by atoms with van der Waals surface area (Å²) in [4.78, 5) is 43.0. The van der Waals surface area contributed by atoms with Crippen molar-refractivity contribution in [3.8, 4) is 5.75 Å². The van der Waals surface area contributed by atoms with Crippen LogP contribution in [-0.4, -0.2) is 77.9 Å². The van der Waals surface area contributed by atoms with Gasteiger partial charge in [-0.25, -0.2) is 4.68 Å². The van der Waals surface area contributed by atoms with E-state index in [1.807, 2.05) is 29.9 Å². The van der Waals surface area contributed by atoms with Gasteiger partial charge in [0.25, 0.3) is 11.5 Å². The normalized spacial score (nSPS) is 17.1. The maximum atomic E-state index is 14.6. The molecule has 2 aromatic heterocycles. The molecule has 47 heavy (non-hydrogen) atoms. The molecule has 1 saturated heterocycles. The van der Waals surface area contributed by atoms with E-state index in [-0.39, 0.29) is 35.4 Å². The Labute approximate surface area is 277 Å². The van der Waals surface area contributed by atoms with Crippen LogP contribution in [0.15, 0.2) is 29.1 Å². The Hall–Kier alpha value is -4.36. The van der Waals surface area contributed by atoms with E-state index in [0.29, 0.717) is 86.2 Å². The van der Waals surface area contributed by atoms with E-state index >= 15 is 0 Å². The van der Waals surface area contributed by atoms with Crippen molar-refractivity contribution in [1.29, 1.82) is 0 Å². The molecule has 0 atom stereocenters. The predicted molar refractivity (Wildman–Crippen MR) is 177 cm³/mol. The number of likely N-dealkylation sites (tertiary alicyclic amines) is 1. The molecule has 1 aliphatic carbocycles. The number of hydrogen-bond donors (Lipinski definition) is 4. The maximum Gasteiger partial charge on any atom is 0.275 e. The van der Waals surface area contributed by atoms with Crippen molar-refractivity contribution in [3.63, 3.8) is 0 Å². The Balaban J connectivity index is 1.36. The van der Waals surface area contributed by atoms with Gasteiger partial charge in [0.2, 0.25) is 5.91 Å². The van der Waals surface area contributed by atoms with Gasteiger partial charge in [-0.15, -0.1) is 5.10 Å². The van der Waals surface area contributed by atoms with E-state index in [2.05, 4.69) is 34.5 Å². The SMILES string of the molecule is Cc1n[nH]c(C(=O)N2CCC3(CCc4[nH]n(C)c(C5=CCOCC5)nn(CC(=O)Nc5ccc(C(C)C)cc5Cl)c(=O)c43)CC2)c1O. The van der Waals surface area contributed by atoms with Gasteiger partial charge in [0.15, 0.2) is 17.3 Å². The molecule has 0 bridgehead atoms. The lowest BCUT2D eigenvalue weighted by Crippen LogP contribution is -2.47. The molecule has 1 aromatic carbocycles. The van der Waals surface area contributed by atoms with E-state index < -0.39 is 11.3 Å². The zero-order valence-corrected chi connectivity index (χ0v) is 27.9. The number of carbonyl (C=O) groups is 2. The van der Waals surface area contributed by atoms with Crippen LogP contribution in [0, 0.1) is 6.92 Å². The number of ether oxygens (including phenoxy) is 1. The average molecular weight is 665 g/mol. The number of halogens is 1. The number of nitrogens with zero attached hydrogens (tertiary/aromatic N) is 5. The van der Waals surface area contributed by atoms with Gasteiger partial charge in [-0.3, -0.25) is 24.2 Å². The van der Waals surface area contributed by atoms with E-state index in [1.165, 1.54) is 4.68 Å². The van der Waals surface area contributed by atoms with Crippen LogP contribution in [0.4, 0.5) is 5.69 Å². The molecular weight excluding hydrogens is 624 g/mol. The number of aryl methyl sites for hydroxylation is 3. The topological polar surface area (TPSA) is 163 Å². The number of H-pyrrole nitrogens is 2. The summed E-state index contributed by atoms with van der Waals surface area (Å²) in [6.45, 7) is 7.19. The fourth-order valence-electron chi connectivity index (χ4n) is 6.82. The number of nitrogens with one attached hydrogen (secondary N) is 3. The van der Waals surface area contributed by atoms with Gasteiger partial charge in [0.05, 0.1) is 23.9 Å². The highest BCUT2D eigenvalue weighted by Crippen LogP contribution is 2.44. The van der Waals surface area contributed by atoms with E-state index in [0.717, 1.165) is 16.8 Å². The molecule has 2 aliphatic heterocycles. The fraction of sp³-hybridized carbons (Fsp3) is 0.485. The van der Waals surface area contributed by atoms with E-state index in [4.69, 9.17) is 21.4 Å². The van der Waals surface area contributed by atoms with Gasteiger partial charge in [0, 0.05) is 36.8 Å². The molecule has 4 N–H and O–H groups in total. The summed E-state index contributed by atoms with van der Waals surface area (Å²) in [5.74, 6) is -0.0903. The third-order valence-electron chi connectivity index (χ3n) is 9.58. The van der Waals surface area contributed by atoms with Gasteiger partial charge < -0.3 is 25.2 Å². The minimum absolute atomic E-state index is 0.0653. The minimum Gasteiger partial charge on any atom is -0.504 e. The molecular formula is C33H41ClN8O5. The van der Waals surface area contributed by atoms with Crippen molar-refractivity contribution in [2.75, 3.05) is 31.6 Å². The number of aromatic nitrogens is 6. The van der Waals surface area contributed by atoms with Crippen LogP contribution in [0.3, 0.4) is 0 Å². The first-order valence-electron chi connectivity index (χ1n) is 16.0. The Morgan fingerprint density at radius 3 is 2.60 bits per heavy atom. The second kappa shape index (κ2) is 13.0. The predicted octanol–water partition coefficient (Wildman–Crippen LogP) is 4.11. The molecule has 0 saturated carbocycles. The number of aromatic hydroxyl groups is 1. The van der Waals surface area contributed by atoms with Crippen molar-refractivity contribution in [1.82, 2.24) is 34.7 Å². The Morgan fingerprint density at radius 2 is 1.96 bits per heavy atom. The van der Waals surface area contributed by atoms with E-state index in [1.54, 1.807) is 17.9 Å². The molecule has 3 aromatic rings. The lowest BCUT2D eigenvalue weighted by Gasteiger charge is -2.39. The van der Waals surface area contributed by atoms with Gasteiger partial charge in [0.1, 0.15) is 12.2 Å². The zero-order valence-electron chi connectivity index (χ0n) is 27.2. The van der Waals surface area contributed by atoms with Crippen LogP contribution in [-0.2, 0) is 35.0 Å². The number of carbonyl (C=O) groups excluding carboxylic acids is 2. The number of hydrogen-bond acceptors (Lipinski definition) is 7. The summed E-state index contributed by atoms with van der Waals surface area (Å²) < 4.78 is 8.59. The summed E-state index contributed by atoms with van der Waals surface area (Å²) in [5.41, 5.74) is 3.37. The highest BCUT2D eigenvalue weighted by Gasteiger charge is 2.45. The quantitative estimate of drug-likeness (QED) is 0.308. The maximum absolute atomic E-state index is 14.6. The van der Waals surface area contributed by atoms with Crippen LogP contribution in [0.1, 0.15) is 84.3 Å². The summed E-state index contributed by atoms with van der Waals surface area (Å²) >= 11 is 6.52. The van der Waals surface area contributed by atoms with Crippen LogP contribution in [0.25, 0.3) is 5.57 Å². The number of aromatic amines is 2. The van der Waals surface area contributed by atoms with Crippen molar-refractivity contribution < 1.29 is 19.4 Å². The third kappa shape index (κ3) is 6.33. The molecule has 14 heteroatoms. The summed E-state index contributed by atoms with van der Waals surface area (Å²) in [7, 11) is 1.86. The lowest BCUT2D eigenvalue weighted by atomic mass is 9.74. The zero-order chi connectivity index (χ0) is 33.5. The summed E-state index contributed by atoms with van der Waals surface area (Å²) in [5, 5.41) is 28.4. The van der Waals surface area contributed by atoms with Crippen LogP contribution in [0.5, 0.6) is 5.75 Å². The largest absolute Gasteiger partial charge is 0.504 e. The Morgan fingerprint density at radius 1 is 1.19 bits per heavy atom. The van der Waals surface area contributed by atoms with Crippen molar-refractivity contribution >= 4 is 34.7 Å². The number of benzene rings is 1. The standard InChI is InChI=1S/C33H41ClN8O5/c1-19(2)22-5-6-24(23(34)17-22)35-26(43)18-42-31(45)27-25(38-40(4)30(39-42)21-8-15-47-16-9-21)7-10-33(27)11-13-41(14-12-33)32(46)28-29(44)20(3)36-37-28/h5-6,8,17,19,38,44H,7,9-16,18H2,1-4H3,(H,35,43)(H,36,37). The molecule has 3 aliphatic rings. The van der Waals surface area contributed by atoms with Gasteiger partial charge >= 0.3 is 0 Å². The highest BCUT2D eigenvalue weighted by molar-refractivity contribution is 6.33. The van der Waals surface area contributed by atoms with Crippen LogP contribution < -0.4 is 10.9 Å². The van der Waals surface area contributed by atoms with Gasteiger partial charge in [-0.2, -0.15) is 5.10 Å². The number of rotatable bonds is 6. The third-order valence-corrected chi connectivity index (χ3v) is 9.90. The first kappa shape index (κ1) is 32.6.